The second-order valence-corrected chi connectivity index (χ2v) is 5.70. The highest BCUT2D eigenvalue weighted by atomic mass is 16.5. The van der Waals surface area contributed by atoms with Crippen molar-refractivity contribution < 1.29 is 19.1 Å². The van der Waals surface area contributed by atoms with Crippen LogP contribution >= 0.6 is 0 Å². The molecule has 1 saturated carbocycles. The fourth-order valence-electron chi connectivity index (χ4n) is 2.36. The number of carbonyl (C=O) groups excluding carboxylic acids is 1. The molecule has 0 unspecified atom stereocenters. The molecule has 1 aliphatic rings. The van der Waals surface area contributed by atoms with Crippen molar-refractivity contribution in [2.45, 2.75) is 39.0 Å². The van der Waals surface area contributed by atoms with Crippen LogP contribution in [-0.2, 0) is 17.9 Å². The molecule has 0 radical (unpaired) electrons. The van der Waals surface area contributed by atoms with Gasteiger partial charge in [0.25, 0.3) is 5.91 Å². The maximum absolute atomic E-state index is 12.4. The fraction of sp³-hybridized carbons (Fsp3) is 0.412. The molecule has 3 rings (SSSR count). The minimum atomic E-state index is -0.114. The molecule has 1 amide bonds. The van der Waals surface area contributed by atoms with Gasteiger partial charge in [-0.05, 0) is 44.0 Å². The normalized spacial score (nSPS) is 13.8. The van der Waals surface area contributed by atoms with Crippen molar-refractivity contribution in [3.8, 4) is 5.75 Å². The van der Waals surface area contributed by atoms with Crippen LogP contribution in [0.25, 0.3) is 0 Å². The number of carbonyl (C=O) groups is 1. The lowest BCUT2D eigenvalue weighted by atomic mass is 10.3. The first kappa shape index (κ1) is 15.6. The van der Waals surface area contributed by atoms with E-state index in [1.54, 1.807) is 12.1 Å². The van der Waals surface area contributed by atoms with E-state index in [1.807, 2.05) is 24.0 Å². The van der Waals surface area contributed by atoms with Crippen molar-refractivity contribution in [3.63, 3.8) is 0 Å². The van der Waals surface area contributed by atoms with E-state index in [4.69, 9.17) is 14.3 Å². The van der Waals surface area contributed by atoms with E-state index < -0.39 is 0 Å². The van der Waals surface area contributed by atoms with E-state index in [1.165, 1.54) is 6.20 Å². The number of aromatic nitrogens is 1. The maximum atomic E-state index is 12.4. The number of rotatable bonds is 7. The number of hydrogen-bond donors (Lipinski definition) is 1. The van der Waals surface area contributed by atoms with Gasteiger partial charge < -0.3 is 19.2 Å². The molecule has 0 spiro atoms. The molecule has 1 aliphatic carbocycles. The summed E-state index contributed by atoms with van der Waals surface area (Å²) in [6.07, 6.45) is 3.56. The van der Waals surface area contributed by atoms with Crippen LogP contribution in [-0.4, -0.2) is 33.5 Å². The summed E-state index contributed by atoms with van der Waals surface area (Å²) in [6.45, 7) is 2.22. The number of aliphatic hydroxyl groups excluding tert-OH is 1. The predicted octanol–water partition coefficient (Wildman–Crippen LogP) is 2.05. The number of nitrogens with zero attached hydrogens (tertiary/aromatic N) is 2. The summed E-state index contributed by atoms with van der Waals surface area (Å²) in [7, 11) is 0. The summed E-state index contributed by atoms with van der Waals surface area (Å²) in [5.41, 5.74) is 0.566. The third-order valence-corrected chi connectivity index (χ3v) is 3.75. The topological polar surface area (TPSA) is 75.8 Å². The van der Waals surface area contributed by atoms with Gasteiger partial charge in [0.2, 0.25) is 0 Å². The van der Waals surface area contributed by atoms with E-state index >= 15 is 0 Å². The summed E-state index contributed by atoms with van der Waals surface area (Å²) < 4.78 is 11.1. The van der Waals surface area contributed by atoms with Gasteiger partial charge in [0.05, 0.1) is 25.0 Å². The van der Waals surface area contributed by atoms with Gasteiger partial charge in [0, 0.05) is 6.04 Å². The van der Waals surface area contributed by atoms with Crippen LogP contribution < -0.4 is 4.74 Å². The van der Waals surface area contributed by atoms with Crippen molar-refractivity contribution >= 4 is 5.91 Å². The van der Waals surface area contributed by atoms with Gasteiger partial charge in [-0.2, -0.15) is 0 Å². The molecule has 6 heteroatoms. The number of furan rings is 1. The zero-order chi connectivity index (χ0) is 16.2. The van der Waals surface area contributed by atoms with Crippen molar-refractivity contribution in [1.29, 1.82) is 0 Å². The van der Waals surface area contributed by atoms with Gasteiger partial charge in [0.1, 0.15) is 17.3 Å². The molecular formula is C17H20N2O4. The second-order valence-electron chi connectivity index (χ2n) is 5.70. The van der Waals surface area contributed by atoms with E-state index in [9.17, 15) is 4.79 Å². The molecule has 2 heterocycles. The minimum absolute atomic E-state index is 0.0314. The molecule has 23 heavy (non-hydrogen) atoms. The summed E-state index contributed by atoms with van der Waals surface area (Å²) in [5.74, 6) is 2.08. The lowest BCUT2D eigenvalue weighted by molar-refractivity contribution is -0.134. The van der Waals surface area contributed by atoms with Crippen molar-refractivity contribution in [1.82, 2.24) is 9.88 Å². The molecule has 0 saturated heterocycles. The number of pyridine rings is 1. The maximum Gasteiger partial charge on any atom is 0.261 e. The molecule has 0 aliphatic heterocycles. The lowest BCUT2D eigenvalue weighted by Crippen LogP contribution is -2.36. The van der Waals surface area contributed by atoms with Gasteiger partial charge in [-0.25, -0.2) is 0 Å². The molecule has 1 fully saturated rings. The van der Waals surface area contributed by atoms with E-state index in [0.29, 0.717) is 18.0 Å². The Balaban J connectivity index is 1.57. The van der Waals surface area contributed by atoms with Crippen molar-refractivity contribution in [3.05, 3.63) is 47.7 Å². The molecule has 2 aromatic rings. The highest BCUT2D eigenvalue weighted by Crippen LogP contribution is 2.29. The van der Waals surface area contributed by atoms with Gasteiger partial charge in [-0.3, -0.25) is 9.78 Å². The zero-order valence-corrected chi connectivity index (χ0v) is 13.1. The van der Waals surface area contributed by atoms with Gasteiger partial charge in [0.15, 0.2) is 6.61 Å². The van der Waals surface area contributed by atoms with Crippen LogP contribution in [0.5, 0.6) is 5.75 Å². The Morgan fingerprint density at radius 2 is 2.22 bits per heavy atom. The number of aryl methyl sites for hydroxylation is 1. The van der Waals surface area contributed by atoms with E-state index in [-0.39, 0.29) is 25.2 Å². The Morgan fingerprint density at radius 1 is 1.39 bits per heavy atom. The Labute approximate surface area is 134 Å². The molecule has 0 aromatic carbocycles. The van der Waals surface area contributed by atoms with Crippen LogP contribution in [0.2, 0.25) is 0 Å². The number of hydrogen-bond acceptors (Lipinski definition) is 5. The Morgan fingerprint density at radius 3 is 2.78 bits per heavy atom. The van der Waals surface area contributed by atoms with Crippen molar-refractivity contribution in [2.24, 2.45) is 0 Å². The summed E-state index contributed by atoms with van der Waals surface area (Å²) in [4.78, 5) is 18.3. The smallest absolute Gasteiger partial charge is 0.261 e. The molecule has 2 aromatic heterocycles. The van der Waals surface area contributed by atoms with Gasteiger partial charge >= 0.3 is 0 Å². The molecule has 6 nitrogen and oxygen atoms in total. The number of amides is 1. The molecular weight excluding hydrogens is 296 g/mol. The third-order valence-electron chi connectivity index (χ3n) is 3.75. The van der Waals surface area contributed by atoms with Crippen LogP contribution in [0, 0.1) is 6.92 Å². The van der Waals surface area contributed by atoms with Crippen LogP contribution in [0.1, 0.15) is 30.1 Å². The Hall–Kier alpha value is -2.34. The first-order chi connectivity index (χ1) is 11.2. The first-order valence-electron chi connectivity index (χ1n) is 7.69. The third kappa shape index (κ3) is 4.10. The van der Waals surface area contributed by atoms with E-state index in [0.717, 1.165) is 24.4 Å². The fourth-order valence-corrected chi connectivity index (χ4v) is 2.36. The van der Waals surface area contributed by atoms with Crippen LogP contribution in [0.3, 0.4) is 0 Å². The monoisotopic (exact) mass is 316 g/mol. The Kier molecular flexibility index (Phi) is 4.62. The second kappa shape index (κ2) is 6.83. The molecule has 0 bridgehead atoms. The minimum Gasteiger partial charge on any atom is -0.482 e. The highest BCUT2D eigenvalue weighted by molar-refractivity contribution is 5.78. The van der Waals surface area contributed by atoms with Gasteiger partial charge in [-0.15, -0.1) is 0 Å². The average molecular weight is 316 g/mol. The first-order valence-corrected chi connectivity index (χ1v) is 7.69. The van der Waals surface area contributed by atoms with Gasteiger partial charge in [-0.1, -0.05) is 0 Å². The largest absolute Gasteiger partial charge is 0.482 e. The van der Waals surface area contributed by atoms with E-state index in [2.05, 4.69) is 4.98 Å². The molecule has 0 atom stereocenters. The molecule has 122 valence electrons. The number of aliphatic hydroxyl groups is 1. The lowest BCUT2D eigenvalue weighted by Gasteiger charge is -2.21. The van der Waals surface area contributed by atoms with Crippen LogP contribution in [0.4, 0.5) is 0 Å². The summed E-state index contributed by atoms with van der Waals surface area (Å²) in [6, 6.07) is 7.45. The summed E-state index contributed by atoms with van der Waals surface area (Å²) >= 11 is 0. The van der Waals surface area contributed by atoms with Crippen LogP contribution in [0.15, 0.2) is 34.9 Å². The average Bonchev–Trinajstić information content (AvgIpc) is 3.33. The molecule has 1 N–H and O–H groups in total. The predicted molar refractivity (Wildman–Crippen MR) is 82.7 cm³/mol. The zero-order valence-electron chi connectivity index (χ0n) is 13.1. The summed E-state index contributed by atoms with van der Waals surface area (Å²) in [5, 5.41) is 8.96. The quantitative estimate of drug-likeness (QED) is 0.846. The van der Waals surface area contributed by atoms with Crippen molar-refractivity contribution in [2.75, 3.05) is 6.61 Å². The standard InChI is InChI=1S/C17H20N2O4/c1-12-2-6-16(23-12)9-19(14-4-5-14)17(21)11-22-15-7-3-13(10-20)18-8-15/h2-3,6-8,14,20H,4-5,9-11H2,1H3. The SMILES string of the molecule is Cc1ccc(CN(C(=O)COc2ccc(CO)nc2)C2CC2)o1. The Bertz CT molecular complexity index is 661. The number of ether oxygens (including phenoxy) is 1. The highest BCUT2D eigenvalue weighted by Gasteiger charge is 2.33.